The van der Waals surface area contributed by atoms with Gasteiger partial charge in [0.1, 0.15) is 6.34 Å². The van der Waals surface area contributed by atoms with Crippen molar-refractivity contribution in [2.24, 2.45) is 4.99 Å². The molecule has 1 aliphatic heterocycles. The van der Waals surface area contributed by atoms with E-state index in [0.717, 1.165) is 11.4 Å². The van der Waals surface area contributed by atoms with Gasteiger partial charge in [0.05, 0.1) is 11.4 Å². The average molecular weight is 145 g/mol. The SMILES string of the molecule is Cc1cc2c(cc1C)N=C[N]2. The second kappa shape index (κ2) is 2.09. The summed E-state index contributed by atoms with van der Waals surface area (Å²) in [5.41, 5.74) is 4.54. The summed E-state index contributed by atoms with van der Waals surface area (Å²) in [7, 11) is 0. The minimum absolute atomic E-state index is 0.994. The molecule has 0 bridgehead atoms. The molecule has 0 saturated heterocycles. The lowest BCUT2D eigenvalue weighted by atomic mass is 10.1. The molecule has 2 rings (SSSR count). The van der Waals surface area contributed by atoms with Crippen molar-refractivity contribution in [2.45, 2.75) is 13.8 Å². The van der Waals surface area contributed by atoms with Crippen LogP contribution in [0.2, 0.25) is 0 Å². The Morgan fingerprint density at radius 2 is 1.64 bits per heavy atom. The summed E-state index contributed by atoms with van der Waals surface area (Å²) in [5, 5.41) is 4.11. The predicted octanol–water partition coefficient (Wildman–Crippen LogP) is 2.21. The molecule has 1 radical (unpaired) electrons. The smallest absolute Gasteiger partial charge is 0.116 e. The maximum absolute atomic E-state index is 4.11. The number of benzene rings is 1. The molecule has 0 amide bonds. The van der Waals surface area contributed by atoms with Gasteiger partial charge in [0, 0.05) is 0 Å². The van der Waals surface area contributed by atoms with Crippen LogP contribution in [0.1, 0.15) is 11.1 Å². The van der Waals surface area contributed by atoms with Gasteiger partial charge in [-0.1, -0.05) is 0 Å². The quantitative estimate of drug-likeness (QED) is 0.535. The summed E-state index contributed by atoms with van der Waals surface area (Å²) < 4.78 is 0. The fourth-order valence-corrected chi connectivity index (χ4v) is 1.15. The van der Waals surface area contributed by atoms with Gasteiger partial charge in [-0.05, 0) is 37.1 Å². The molecular weight excluding hydrogens is 136 g/mol. The van der Waals surface area contributed by atoms with Crippen molar-refractivity contribution >= 4 is 17.7 Å². The first-order chi connectivity index (χ1) is 5.27. The first-order valence-electron chi connectivity index (χ1n) is 3.62. The van der Waals surface area contributed by atoms with Gasteiger partial charge in [-0.15, -0.1) is 0 Å². The molecule has 0 unspecified atom stereocenters. The van der Waals surface area contributed by atoms with Crippen molar-refractivity contribution in [1.29, 1.82) is 0 Å². The highest BCUT2D eigenvalue weighted by atomic mass is 15.0. The Kier molecular flexibility index (Phi) is 1.22. The molecule has 1 aromatic rings. The van der Waals surface area contributed by atoms with Crippen molar-refractivity contribution < 1.29 is 0 Å². The average Bonchev–Trinajstić information content (AvgIpc) is 2.36. The van der Waals surface area contributed by atoms with Gasteiger partial charge in [0.2, 0.25) is 0 Å². The minimum Gasteiger partial charge on any atom is -0.235 e. The van der Waals surface area contributed by atoms with Crippen molar-refractivity contribution in [3.05, 3.63) is 23.3 Å². The summed E-state index contributed by atoms with van der Waals surface area (Å²) in [6.45, 7) is 4.17. The number of aryl methyl sites for hydroxylation is 2. The van der Waals surface area contributed by atoms with E-state index >= 15 is 0 Å². The summed E-state index contributed by atoms with van der Waals surface area (Å²) in [6.07, 6.45) is 1.60. The number of hydrogen-bond donors (Lipinski definition) is 0. The molecule has 1 aromatic carbocycles. The van der Waals surface area contributed by atoms with Crippen molar-refractivity contribution in [1.82, 2.24) is 5.32 Å². The molecule has 1 aliphatic rings. The monoisotopic (exact) mass is 145 g/mol. The third-order valence-corrected chi connectivity index (χ3v) is 1.98. The number of aliphatic imine (C=N–C) groups is 1. The molecule has 0 aliphatic carbocycles. The molecule has 1 heterocycles. The van der Waals surface area contributed by atoms with Crippen LogP contribution in [0.5, 0.6) is 0 Å². The lowest BCUT2D eigenvalue weighted by Crippen LogP contribution is -1.87. The van der Waals surface area contributed by atoms with Crippen LogP contribution in [0.4, 0.5) is 11.4 Å². The second-order valence-corrected chi connectivity index (χ2v) is 2.80. The molecule has 2 nitrogen and oxygen atoms in total. The molecule has 11 heavy (non-hydrogen) atoms. The molecule has 55 valence electrons. The van der Waals surface area contributed by atoms with Gasteiger partial charge >= 0.3 is 0 Å². The molecule has 0 aromatic heterocycles. The normalized spacial score (nSPS) is 12.9. The maximum atomic E-state index is 4.11. The lowest BCUT2D eigenvalue weighted by Gasteiger charge is -2.01. The first-order valence-corrected chi connectivity index (χ1v) is 3.62. The van der Waals surface area contributed by atoms with Gasteiger partial charge < -0.3 is 0 Å². The standard InChI is InChI=1S/C9H9N2/c1-6-3-8-9(4-7(6)2)11-5-10-8/h3-5H,1-2H3. The number of fused-ring (bicyclic) bond motifs is 1. The fraction of sp³-hybridized carbons (Fsp3) is 0.222. The van der Waals surface area contributed by atoms with Crippen molar-refractivity contribution in [2.75, 3.05) is 0 Å². The summed E-state index contributed by atoms with van der Waals surface area (Å²) >= 11 is 0. The molecule has 2 heteroatoms. The van der Waals surface area contributed by atoms with E-state index in [9.17, 15) is 0 Å². The number of hydrogen-bond acceptors (Lipinski definition) is 1. The highest BCUT2D eigenvalue weighted by Gasteiger charge is 2.08. The van der Waals surface area contributed by atoms with E-state index < -0.39 is 0 Å². The van der Waals surface area contributed by atoms with Crippen LogP contribution in [0.3, 0.4) is 0 Å². The highest BCUT2D eigenvalue weighted by molar-refractivity contribution is 5.82. The largest absolute Gasteiger partial charge is 0.235 e. The fourth-order valence-electron chi connectivity index (χ4n) is 1.15. The van der Waals surface area contributed by atoms with Gasteiger partial charge in [0.15, 0.2) is 0 Å². The summed E-state index contributed by atoms with van der Waals surface area (Å²) in [5.74, 6) is 0. The minimum atomic E-state index is 0.994. The van der Waals surface area contributed by atoms with Crippen molar-refractivity contribution in [3.8, 4) is 0 Å². The second-order valence-electron chi connectivity index (χ2n) is 2.80. The van der Waals surface area contributed by atoms with E-state index in [0.29, 0.717) is 0 Å². The van der Waals surface area contributed by atoms with Crippen LogP contribution in [0.25, 0.3) is 0 Å². The van der Waals surface area contributed by atoms with Crippen LogP contribution in [0.15, 0.2) is 17.1 Å². The molecule has 0 N–H and O–H groups in total. The molecular formula is C9H9N2. The Morgan fingerprint density at radius 3 is 2.36 bits per heavy atom. The van der Waals surface area contributed by atoms with E-state index in [4.69, 9.17) is 0 Å². The van der Waals surface area contributed by atoms with Gasteiger partial charge in [0.25, 0.3) is 0 Å². The summed E-state index contributed by atoms with van der Waals surface area (Å²) in [4.78, 5) is 4.11. The van der Waals surface area contributed by atoms with Crippen LogP contribution < -0.4 is 5.32 Å². The Balaban J connectivity index is 2.63. The maximum Gasteiger partial charge on any atom is 0.116 e. The van der Waals surface area contributed by atoms with E-state index in [-0.39, 0.29) is 0 Å². The molecule has 0 saturated carbocycles. The first kappa shape index (κ1) is 6.40. The predicted molar refractivity (Wildman–Crippen MR) is 45.9 cm³/mol. The van der Waals surface area contributed by atoms with Crippen molar-refractivity contribution in [3.63, 3.8) is 0 Å². The Bertz CT molecular complexity index is 327. The van der Waals surface area contributed by atoms with Gasteiger partial charge in [-0.3, -0.25) is 0 Å². The molecule has 0 fully saturated rings. The van der Waals surface area contributed by atoms with Crippen LogP contribution in [-0.2, 0) is 0 Å². The third kappa shape index (κ3) is 0.909. The zero-order valence-corrected chi connectivity index (χ0v) is 6.63. The number of nitrogens with zero attached hydrogens (tertiary/aromatic N) is 2. The van der Waals surface area contributed by atoms with E-state index in [1.165, 1.54) is 11.1 Å². The zero-order valence-electron chi connectivity index (χ0n) is 6.63. The lowest BCUT2D eigenvalue weighted by molar-refractivity contribution is 1.29. The van der Waals surface area contributed by atoms with Crippen LogP contribution >= 0.6 is 0 Å². The summed E-state index contributed by atoms with van der Waals surface area (Å²) in [6, 6.07) is 4.13. The van der Waals surface area contributed by atoms with Crippen LogP contribution in [-0.4, -0.2) is 6.34 Å². The molecule has 0 atom stereocenters. The Hall–Kier alpha value is -1.31. The van der Waals surface area contributed by atoms with Gasteiger partial charge in [-0.25, -0.2) is 10.3 Å². The Morgan fingerprint density at radius 1 is 1.00 bits per heavy atom. The van der Waals surface area contributed by atoms with Gasteiger partial charge in [-0.2, -0.15) is 0 Å². The zero-order chi connectivity index (χ0) is 7.84. The van der Waals surface area contributed by atoms with E-state index in [1.807, 2.05) is 0 Å². The highest BCUT2D eigenvalue weighted by Crippen LogP contribution is 2.30. The molecule has 0 spiro atoms. The van der Waals surface area contributed by atoms with E-state index in [1.54, 1.807) is 6.34 Å². The number of rotatable bonds is 0. The topological polar surface area (TPSA) is 26.5 Å². The Labute approximate surface area is 66.0 Å². The van der Waals surface area contributed by atoms with E-state index in [2.05, 4.69) is 36.3 Å². The van der Waals surface area contributed by atoms with Crippen LogP contribution in [0, 0.1) is 13.8 Å². The third-order valence-electron chi connectivity index (χ3n) is 1.98.